The second kappa shape index (κ2) is 24.7. The minimum atomic E-state index is -1.32. The molecule has 18 nitrogen and oxygen atoms in total. The second-order valence-electron chi connectivity index (χ2n) is 18.2. The van der Waals surface area contributed by atoms with Gasteiger partial charge >= 0.3 is 24.3 Å². The molecule has 3 rings (SSSR count). The molecule has 1 aromatic heterocycles. The number of aromatic nitrogens is 1. The molecular formula is C47H67N7O11. The van der Waals surface area contributed by atoms with Crippen molar-refractivity contribution in [3.63, 3.8) is 0 Å². The molecule has 65 heavy (non-hydrogen) atoms. The first-order valence-corrected chi connectivity index (χ1v) is 21.3. The Hall–Kier alpha value is -6.27. The highest BCUT2D eigenvalue weighted by atomic mass is 16.8. The first kappa shape index (κ1) is 53.1. The maximum Gasteiger partial charge on any atom is 0.511 e. The molecule has 356 valence electrons. The zero-order chi connectivity index (χ0) is 48.5. The van der Waals surface area contributed by atoms with E-state index in [1.807, 2.05) is 86.6 Å². The van der Waals surface area contributed by atoms with Crippen molar-refractivity contribution in [2.45, 2.75) is 98.6 Å². The van der Waals surface area contributed by atoms with Crippen LogP contribution in [0.2, 0.25) is 0 Å². The largest absolute Gasteiger partial charge is 0.511 e. The van der Waals surface area contributed by atoms with Gasteiger partial charge in [0.2, 0.25) is 12.7 Å². The Balaban J connectivity index is 2.15. The SMILES string of the molecule is COC(=O)N[C@H](C(=O)N[C@@H](Cc1ccccc1)[C@H](CN(Cc1ccc(-c2ccccn2)cc1)NC(=O)[C@@H](NC(=O)OC)C(C)(C)C)OC(=O)OCOC(=O)[C@@H](C(C)C)N(C)C)C(C)(C)C. The highest BCUT2D eigenvalue weighted by Crippen LogP contribution is 2.24. The summed E-state index contributed by atoms with van der Waals surface area (Å²) in [6, 6.07) is 18.2. The number of alkyl carbamates (subject to hydrolysis) is 2. The van der Waals surface area contributed by atoms with E-state index in [9.17, 15) is 28.8 Å². The second-order valence-corrected chi connectivity index (χ2v) is 18.2. The van der Waals surface area contributed by atoms with Gasteiger partial charge in [-0.2, -0.15) is 0 Å². The number of amides is 4. The standard InChI is InChI=1S/C47H67N7O11/c1-30(2)37(53(9)10)42(57)63-29-64-45(60)65-36(35(26-31-18-14-13-15-19-31)49-40(55)38(46(3,4)5)50-43(58)61-11)28-54(52-41(56)39(47(6,7)8)51-44(59)62-12)27-32-21-23-33(24-22-32)34-20-16-17-25-48-34/h13-25,30,35-39H,26-29H2,1-12H3,(H,49,55)(H,50,58)(H,51,59)(H,52,56)/t35-,36-,37+,38+,39+/m0/s1. The molecule has 4 amide bonds. The molecule has 0 bridgehead atoms. The van der Waals surface area contributed by atoms with Gasteiger partial charge in [0.15, 0.2) is 0 Å². The van der Waals surface area contributed by atoms with Crippen LogP contribution in [0.25, 0.3) is 11.3 Å². The molecule has 0 radical (unpaired) electrons. The first-order valence-electron chi connectivity index (χ1n) is 21.3. The third kappa shape index (κ3) is 17.3. The number of hydrazine groups is 1. The Bertz CT molecular complexity index is 2000. The fourth-order valence-corrected chi connectivity index (χ4v) is 6.94. The van der Waals surface area contributed by atoms with E-state index in [4.69, 9.17) is 23.7 Å². The van der Waals surface area contributed by atoms with Gasteiger partial charge in [0.05, 0.1) is 32.5 Å². The van der Waals surface area contributed by atoms with Crippen molar-refractivity contribution in [2.75, 3.05) is 41.7 Å². The summed E-state index contributed by atoms with van der Waals surface area (Å²) in [6.07, 6.45) is -2.45. The monoisotopic (exact) mass is 905 g/mol. The Morgan fingerprint density at radius 3 is 1.77 bits per heavy atom. The van der Waals surface area contributed by atoms with E-state index in [1.54, 1.807) is 66.7 Å². The number of methoxy groups -OCH3 is 2. The number of pyridine rings is 1. The summed E-state index contributed by atoms with van der Waals surface area (Å²) in [5, 5.41) is 9.71. The number of rotatable bonds is 20. The fraction of sp³-hybridized carbons (Fsp3) is 0.511. The van der Waals surface area contributed by atoms with E-state index in [0.29, 0.717) is 5.56 Å². The summed E-state index contributed by atoms with van der Waals surface area (Å²) < 4.78 is 26.4. The summed E-state index contributed by atoms with van der Waals surface area (Å²) in [5.41, 5.74) is 4.32. The van der Waals surface area contributed by atoms with Crippen molar-refractivity contribution in [2.24, 2.45) is 16.7 Å². The maximum atomic E-state index is 14.3. The summed E-state index contributed by atoms with van der Waals surface area (Å²) in [5.74, 6) is -1.99. The van der Waals surface area contributed by atoms with Crippen LogP contribution in [0.4, 0.5) is 14.4 Å². The van der Waals surface area contributed by atoms with Gasteiger partial charge in [-0.25, -0.2) is 19.4 Å². The minimum Gasteiger partial charge on any atom is -0.453 e. The van der Waals surface area contributed by atoms with Crippen LogP contribution in [0.5, 0.6) is 0 Å². The normalized spacial score (nSPS) is 14.0. The summed E-state index contributed by atoms with van der Waals surface area (Å²) in [6.45, 7) is 13.3. The minimum absolute atomic E-state index is 0.0253. The van der Waals surface area contributed by atoms with E-state index < -0.39 is 84.0 Å². The van der Waals surface area contributed by atoms with Gasteiger partial charge in [-0.3, -0.25) is 29.7 Å². The van der Waals surface area contributed by atoms with E-state index >= 15 is 0 Å². The van der Waals surface area contributed by atoms with Crippen molar-refractivity contribution in [3.8, 4) is 11.3 Å². The molecule has 4 N–H and O–H groups in total. The van der Waals surface area contributed by atoms with Crippen molar-refractivity contribution in [1.82, 2.24) is 36.3 Å². The van der Waals surface area contributed by atoms with Crippen molar-refractivity contribution in [1.29, 1.82) is 0 Å². The number of hydrogen-bond donors (Lipinski definition) is 4. The van der Waals surface area contributed by atoms with Crippen LogP contribution in [0, 0.1) is 16.7 Å². The van der Waals surface area contributed by atoms with Crippen molar-refractivity contribution >= 4 is 36.1 Å². The number of carbonyl (C=O) groups is 6. The molecule has 0 aliphatic rings. The lowest BCUT2D eigenvalue weighted by atomic mass is 9.85. The predicted molar refractivity (Wildman–Crippen MR) is 242 cm³/mol. The van der Waals surface area contributed by atoms with Crippen LogP contribution in [0.1, 0.15) is 66.5 Å². The van der Waals surface area contributed by atoms with Crippen molar-refractivity contribution < 1.29 is 52.5 Å². The number of ether oxygens (including phenoxy) is 5. The molecule has 0 saturated heterocycles. The maximum absolute atomic E-state index is 14.3. The Kier molecular flexibility index (Phi) is 20.2. The van der Waals surface area contributed by atoms with Crippen LogP contribution in [0.3, 0.4) is 0 Å². The molecule has 3 aromatic rings. The average Bonchev–Trinajstić information content (AvgIpc) is 3.23. The molecule has 0 aliphatic heterocycles. The summed E-state index contributed by atoms with van der Waals surface area (Å²) >= 11 is 0. The number of nitrogens with one attached hydrogen (secondary N) is 4. The lowest BCUT2D eigenvalue weighted by Crippen LogP contribution is -2.61. The van der Waals surface area contributed by atoms with Crippen LogP contribution in [-0.2, 0) is 51.0 Å². The van der Waals surface area contributed by atoms with Gasteiger partial charge < -0.3 is 39.6 Å². The van der Waals surface area contributed by atoms with Gasteiger partial charge in [0, 0.05) is 18.3 Å². The third-order valence-electron chi connectivity index (χ3n) is 10.2. The van der Waals surface area contributed by atoms with Gasteiger partial charge in [-0.1, -0.05) is 116 Å². The smallest absolute Gasteiger partial charge is 0.453 e. The Labute approximate surface area is 382 Å². The van der Waals surface area contributed by atoms with Crippen LogP contribution < -0.4 is 21.4 Å². The molecule has 5 atom stereocenters. The molecule has 0 saturated carbocycles. The number of hydrogen-bond acceptors (Lipinski definition) is 14. The van der Waals surface area contributed by atoms with Gasteiger partial charge in [-0.15, -0.1) is 0 Å². The average molecular weight is 906 g/mol. The molecule has 0 unspecified atom stereocenters. The van der Waals surface area contributed by atoms with E-state index in [2.05, 4.69) is 26.4 Å². The van der Waals surface area contributed by atoms with Gasteiger partial charge in [0.25, 0.3) is 5.91 Å². The van der Waals surface area contributed by atoms with Gasteiger partial charge in [-0.05, 0) is 60.5 Å². The number of likely N-dealkylation sites (N-methyl/N-ethyl adjacent to an activating group) is 1. The van der Waals surface area contributed by atoms with E-state index in [1.165, 1.54) is 19.2 Å². The number of benzene rings is 2. The topological polar surface area (TPSA) is 216 Å². The van der Waals surface area contributed by atoms with Crippen LogP contribution >= 0.6 is 0 Å². The molecular weight excluding hydrogens is 839 g/mol. The highest BCUT2D eigenvalue weighted by Gasteiger charge is 2.39. The zero-order valence-electron chi connectivity index (χ0n) is 39.6. The lowest BCUT2D eigenvalue weighted by molar-refractivity contribution is -0.161. The lowest BCUT2D eigenvalue weighted by Gasteiger charge is -2.36. The number of carbonyl (C=O) groups excluding carboxylic acids is 6. The quantitative estimate of drug-likeness (QED) is 0.0480. The molecule has 18 heteroatoms. The van der Waals surface area contributed by atoms with Gasteiger partial charge in [0.1, 0.15) is 24.2 Å². The Morgan fingerprint density at radius 2 is 1.26 bits per heavy atom. The molecule has 0 aliphatic carbocycles. The molecule has 0 spiro atoms. The zero-order valence-corrected chi connectivity index (χ0v) is 39.6. The van der Waals surface area contributed by atoms with E-state index in [-0.39, 0.29) is 25.4 Å². The first-order chi connectivity index (χ1) is 30.5. The summed E-state index contributed by atoms with van der Waals surface area (Å²) in [7, 11) is 5.83. The highest BCUT2D eigenvalue weighted by molar-refractivity contribution is 5.87. The number of esters is 1. The number of nitrogens with zero attached hydrogens (tertiary/aromatic N) is 3. The predicted octanol–water partition coefficient (Wildman–Crippen LogP) is 5.46. The molecule has 2 aromatic carbocycles. The molecule has 1 heterocycles. The third-order valence-corrected chi connectivity index (χ3v) is 10.2. The van der Waals surface area contributed by atoms with Crippen LogP contribution in [0.15, 0.2) is 79.0 Å². The van der Waals surface area contributed by atoms with Crippen molar-refractivity contribution in [3.05, 3.63) is 90.1 Å². The summed E-state index contributed by atoms with van der Waals surface area (Å²) in [4.78, 5) is 86.4. The Morgan fingerprint density at radius 1 is 0.692 bits per heavy atom. The van der Waals surface area contributed by atoms with Crippen LogP contribution in [-0.4, -0.2) is 123 Å². The molecule has 0 fully saturated rings. The van der Waals surface area contributed by atoms with E-state index in [0.717, 1.165) is 16.8 Å². The fourth-order valence-electron chi connectivity index (χ4n) is 6.94.